The molecule has 1 N–H and O–H groups in total. The van der Waals surface area contributed by atoms with Crippen LogP contribution in [0.25, 0.3) is 0 Å². The molecule has 2 heteroatoms. The number of hydrogen-bond acceptors (Lipinski definition) is 2. The minimum absolute atomic E-state index is 0.425. The molecule has 3 saturated carbocycles. The molecule has 0 saturated heterocycles. The lowest BCUT2D eigenvalue weighted by Crippen LogP contribution is -2.50. The first-order chi connectivity index (χ1) is 8.07. The molecule has 0 aromatic rings. The van der Waals surface area contributed by atoms with Gasteiger partial charge in [-0.15, -0.1) is 0 Å². The van der Waals surface area contributed by atoms with Crippen molar-refractivity contribution in [2.75, 3.05) is 0 Å². The molecule has 0 radical (unpaired) electrons. The Hall–Kier alpha value is -0.550. The van der Waals surface area contributed by atoms with E-state index in [4.69, 9.17) is 0 Å². The molecular weight excluding hydrogens is 210 g/mol. The molecule has 2 nitrogen and oxygen atoms in total. The molecule has 3 fully saturated rings. The largest absolute Gasteiger partial charge is 0.388 e. The molecule has 0 spiro atoms. The standard InChI is InChI=1S/C15H23NO/c1-14(17,8-11-3-2-4-11)15(10-16)9-12-5-6-13(15)7-12/h11-13,17H,2-9H2,1H3. The van der Waals surface area contributed by atoms with Gasteiger partial charge in [-0.1, -0.05) is 25.7 Å². The Morgan fingerprint density at radius 1 is 1.35 bits per heavy atom. The van der Waals surface area contributed by atoms with Crippen molar-refractivity contribution in [1.82, 2.24) is 0 Å². The van der Waals surface area contributed by atoms with Crippen LogP contribution in [-0.2, 0) is 0 Å². The highest BCUT2D eigenvalue weighted by Crippen LogP contribution is 2.61. The van der Waals surface area contributed by atoms with Crippen LogP contribution in [0.2, 0.25) is 0 Å². The number of rotatable bonds is 3. The van der Waals surface area contributed by atoms with Gasteiger partial charge in [0.2, 0.25) is 0 Å². The normalized spacial score (nSPS) is 44.1. The lowest BCUT2D eigenvalue weighted by atomic mass is 9.60. The van der Waals surface area contributed by atoms with Crippen LogP contribution in [0, 0.1) is 34.5 Å². The maximum atomic E-state index is 10.9. The van der Waals surface area contributed by atoms with E-state index < -0.39 is 11.0 Å². The quantitative estimate of drug-likeness (QED) is 0.813. The summed E-state index contributed by atoms with van der Waals surface area (Å²) in [6.07, 6.45) is 9.27. The average Bonchev–Trinajstić information content (AvgIpc) is 2.83. The van der Waals surface area contributed by atoms with Crippen molar-refractivity contribution < 1.29 is 5.11 Å². The number of nitrogens with zero attached hydrogens (tertiary/aromatic N) is 1. The van der Waals surface area contributed by atoms with Gasteiger partial charge in [-0.05, 0) is 50.4 Å². The topological polar surface area (TPSA) is 44.0 Å². The van der Waals surface area contributed by atoms with Crippen LogP contribution in [0.4, 0.5) is 0 Å². The molecule has 0 aliphatic heterocycles. The van der Waals surface area contributed by atoms with Crippen molar-refractivity contribution in [2.45, 2.75) is 63.9 Å². The second kappa shape index (κ2) is 3.72. The molecule has 3 rings (SSSR count). The number of fused-ring (bicyclic) bond motifs is 2. The van der Waals surface area contributed by atoms with Crippen LogP contribution in [0.15, 0.2) is 0 Å². The molecule has 17 heavy (non-hydrogen) atoms. The Kier molecular flexibility index (Phi) is 2.52. The maximum Gasteiger partial charge on any atom is 0.0888 e. The van der Waals surface area contributed by atoms with E-state index in [9.17, 15) is 10.4 Å². The zero-order valence-electron chi connectivity index (χ0n) is 10.8. The fraction of sp³-hybridized carbons (Fsp3) is 0.933. The molecule has 0 aromatic heterocycles. The molecule has 0 heterocycles. The molecule has 4 unspecified atom stereocenters. The molecule has 3 aliphatic rings. The fourth-order valence-electron chi connectivity index (χ4n) is 4.69. The van der Waals surface area contributed by atoms with E-state index in [1.54, 1.807) is 0 Å². The first kappa shape index (κ1) is 11.5. The lowest BCUT2D eigenvalue weighted by Gasteiger charge is -2.46. The second-order valence-corrected chi connectivity index (χ2v) is 6.94. The van der Waals surface area contributed by atoms with Gasteiger partial charge in [-0.25, -0.2) is 0 Å². The van der Waals surface area contributed by atoms with Gasteiger partial charge in [0.25, 0.3) is 0 Å². The third-order valence-corrected chi connectivity index (χ3v) is 5.92. The molecular formula is C15H23NO. The monoisotopic (exact) mass is 233 g/mol. The summed E-state index contributed by atoms with van der Waals surface area (Å²) in [5.41, 5.74) is -1.18. The van der Waals surface area contributed by atoms with E-state index in [1.807, 2.05) is 6.92 Å². The van der Waals surface area contributed by atoms with E-state index in [2.05, 4.69) is 6.07 Å². The highest BCUT2D eigenvalue weighted by atomic mass is 16.3. The summed E-state index contributed by atoms with van der Waals surface area (Å²) in [4.78, 5) is 0. The van der Waals surface area contributed by atoms with E-state index in [1.165, 1.54) is 38.5 Å². The molecule has 0 amide bonds. The Morgan fingerprint density at radius 3 is 2.53 bits per heavy atom. The van der Waals surface area contributed by atoms with Crippen molar-refractivity contribution in [3.8, 4) is 6.07 Å². The van der Waals surface area contributed by atoms with Gasteiger partial charge in [0.1, 0.15) is 0 Å². The number of aliphatic hydroxyl groups is 1. The van der Waals surface area contributed by atoms with E-state index >= 15 is 0 Å². The van der Waals surface area contributed by atoms with Crippen LogP contribution in [0.3, 0.4) is 0 Å². The minimum Gasteiger partial charge on any atom is -0.388 e. The van der Waals surface area contributed by atoms with Crippen LogP contribution in [0.5, 0.6) is 0 Å². The highest BCUT2D eigenvalue weighted by Gasteiger charge is 2.60. The summed E-state index contributed by atoms with van der Waals surface area (Å²) in [6, 6.07) is 2.55. The molecule has 4 atom stereocenters. The van der Waals surface area contributed by atoms with E-state index in [-0.39, 0.29) is 0 Å². The predicted octanol–water partition coefficient (Wildman–Crippen LogP) is 3.26. The Balaban J connectivity index is 1.82. The van der Waals surface area contributed by atoms with Gasteiger partial charge < -0.3 is 5.11 Å². The first-order valence-corrected chi connectivity index (χ1v) is 7.21. The summed E-state index contributed by atoms with van der Waals surface area (Å²) in [5, 5.41) is 20.6. The summed E-state index contributed by atoms with van der Waals surface area (Å²) in [7, 11) is 0. The summed E-state index contributed by atoms with van der Waals surface area (Å²) in [5.74, 6) is 1.86. The Bertz CT molecular complexity index is 352. The van der Waals surface area contributed by atoms with Crippen molar-refractivity contribution in [3.05, 3.63) is 0 Å². The van der Waals surface area contributed by atoms with Gasteiger partial charge in [-0.2, -0.15) is 5.26 Å². The SMILES string of the molecule is CC(O)(CC1CCC1)C1(C#N)CC2CCC1C2. The van der Waals surface area contributed by atoms with Gasteiger partial charge in [0.15, 0.2) is 0 Å². The van der Waals surface area contributed by atoms with Crippen LogP contribution >= 0.6 is 0 Å². The molecule has 2 bridgehead atoms. The van der Waals surface area contributed by atoms with Crippen molar-refractivity contribution in [2.24, 2.45) is 23.2 Å². The van der Waals surface area contributed by atoms with Crippen molar-refractivity contribution in [3.63, 3.8) is 0 Å². The lowest BCUT2D eigenvalue weighted by molar-refractivity contribution is -0.0893. The molecule has 3 aliphatic carbocycles. The molecule has 94 valence electrons. The van der Waals surface area contributed by atoms with Gasteiger partial charge in [0, 0.05) is 0 Å². The number of hydrogen-bond donors (Lipinski definition) is 1. The Morgan fingerprint density at radius 2 is 2.12 bits per heavy atom. The highest BCUT2D eigenvalue weighted by molar-refractivity contribution is 5.19. The summed E-state index contributed by atoms with van der Waals surface area (Å²) >= 11 is 0. The van der Waals surface area contributed by atoms with Gasteiger partial charge in [-0.3, -0.25) is 0 Å². The Labute approximate surface area is 104 Å². The van der Waals surface area contributed by atoms with Crippen LogP contribution in [0.1, 0.15) is 58.3 Å². The smallest absolute Gasteiger partial charge is 0.0888 e. The van der Waals surface area contributed by atoms with Gasteiger partial charge in [0.05, 0.1) is 17.1 Å². The van der Waals surface area contributed by atoms with Crippen LogP contribution < -0.4 is 0 Å². The summed E-state index contributed by atoms with van der Waals surface area (Å²) < 4.78 is 0. The predicted molar refractivity (Wildman–Crippen MR) is 66.1 cm³/mol. The van der Waals surface area contributed by atoms with E-state index in [0.29, 0.717) is 17.8 Å². The van der Waals surface area contributed by atoms with Crippen molar-refractivity contribution >= 4 is 0 Å². The zero-order valence-corrected chi connectivity index (χ0v) is 10.8. The third kappa shape index (κ3) is 1.55. The zero-order chi connectivity index (χ0) is 12.1. The molecule has 0 aromatic carbocycles. The summed E-state index contributed by atoms with van der Waals surface area (Å²) in [6.45, 7) is 1.94. The third-order valence-electron chi connectivity index (χ3n) is 5.92. The number of nitriles is 1. The maximum absolute atomic E-state index is 10.9. The van der Waals surface area contributed by atoms with Gasteiger partial charge >= 0.3 is 0 Å². The van der Waals surface area contributed by atoms with Crippen molar-refractivity contribution in [1.29, 1.82) is 5.26 Å². The fourth-order valence-corrected chi connectivity index (χ4v) is 4.69. The van der Waals surface area contributed by atoms with E-state index in [0.717, 1.165) is 12.8 Å². The minimum atomic E-state index is -0.757. The average molecular weight is 233 g/mol. The van der Waals surface area contributed by atoms with Crippen LogP contribution in [-0.4, -0.2) is 10.7 Å². The first-order valence-electron chi connectivity index (χ1n) is 7.21. The second-order valence-electron chi connectivity index (χ2n) is 6.94.